The summed E-state index contributed by atoms with van der Waals surface area (Å²) >= 11 is 5.95. The van der Waals surface area contributed by atoms with Gasteiger partial charge in [0.25, 0.3) is 0 Å². The van der Waals surface area contributed by atoms with Crippen molar-refractivity contribution in [2.75, 3.05) is 20.8 Å². The molecule has 0 radical (unpaired) electrons. The molecule has 3 rings (SSSR count). The molecule has 0 aliphatic rings. The first-order valence-corrected chi connectivity index (χ1v) is 12.2. The minimum Gasteiger partial charge on any atom is -0.493 e. The van der Waals surface area contributed by atoms with Gasteiger partial charge < -0.3 is 19.7 Å². The highest BCUT2D eigenvalue weighted by atomic mass is 35.5. The molecule has 1 atom stereocenters. The second-order valence-corrected chi connectivity index (χ2v) is 10.0. The van der Waals surface area contributed by atoms with Gasteiger partial charge in [-0.25, -0.2) is 0 Å². The smallest absolute Gasteiger partial charge is 0.246 e. The van der Waals surface area contributed by atoms with Crippen LogP contribution in [0.3, 0.4) is 0 Å². The highest BCUT2D eigenvalue weighted by Gasteiger charge is 2.28. The zero-order valence-corrected chi connectivity index (χ0v) is 22.7. The lowest BCUT2D eigenvalue weighted by Gasteiger charge is -2.31. The Morgan fingerprint density at radius 1 is 1.08 bits per heavy atom. The SMILES string of the molecule is COc1ccc(CCN(C(=O)Cn2nnc(-c3ccc(Cl)cc3)n2)[C@H](C)C(=O)NC(C)(C)C)cc1OC. The molecule has 1 aromatic heterocycles. The molecule has 0 bridgehead atoms. The summed E-state index contributed by atoms with van der Waals surface area (Å²) in [4.78, 5) is 29.1. The van der Waals surface area contributed by atoms with Crippen molar-refractivity contribution in [3.63, 3.8) is 0 Å². The maximum atomic E-state index is 13.4. The van der Waals surface area contributed by atoms with Crippen molar-refractivity contribution >= 4 is 23.4 Å². The molecular formula is C26H33ClN6O4. The van der Waals surface area contributed by atoms with Crippen molar-refractivity contribution in [2.45, 2.75) is 52.2 Å². The Labute approximate surface area is 221 Å². The topological polar surface area (TPSA) is 111 Å². The normalized spacial score (nSPS) is 12.1. The number of aromatic nitrogens is 4. The number of ether oxygens (including phenoxy) is 2. The van der Waals surface area contributed by atoms with Crippen LogP contribution in [-0.2, 0) is 22.6 Å². The highest BCUT2D eigenvalue weighted by molar-refractivity contribution is 6.30. The minimum atomic E-state index is -0.717. The van der Waals surface area contributed by atoms with Gasteiger partial charge in [0.2, 0.25) is 17.6 Å². The summed E-state index contributed by atoms with van der Waals surface area (Å²) in [5, 5.41) is 15.9. The van der Waals surface area contributed by atoms with Crippen LogP contribution in [0.15, 0.2) is 42.5 Å². The van der Waals surface area contributed by atoms with Crippen molar-refractivity contribution < 1.29 is 19.1 Å². The average Bonchev–Trinajstić information content (AvgIpc) is 3.31. The number of rotatable bonds is 10. The van der Waals surface area contributed by atoms with Gasteiger partial charge in [-0.05, 0) is 81.3 Å². The molecule has 10 nitrogen and oxygen atoms in total. The van der Waals surface area contributed by atoms with Gasteiger partial charge in [0.15, 0.2) is 11.5 Å². The van der Waals surface area contributed by atoms with E-state index in [0.29, 0.717) is 35.3 Å². The molecule has 11 heteroatoms. The molecule has 0 unspecified atom stereocenters. The van der Waals surface area contributed by atoms with E-state index in [1.54, 1.807) is 45.4 Å². The molecule has 1 N–H and O–H groups in total. The number of hydrogen-bond donors (Lipinski definition) is 1. The van der Waals surface area contributed by atoms with Crippen LogP contribution in [0.5, 0.6) is 11.5 Å². The number of tetrazole rings is 1. The van der Waals surface area contributed by atoms with Gasteiger partial charge in [-0.3, -0.25) is 9.59 Å². The molecule has 0 saturated heterocycles. The molecule has 198 valence electrons. The quantitative estimate of drug-likeness (QED) is 0.429. The van der Waals surface area contributed by atoms with Gasteiger partial charge in [-0.15, -0.1) is 10.2 Å². The molecule has 0 fully saturated rings. The zero-order valence-electron chi connectivity index (χ0n) is 22.0. The van der Waals surface area contributed by atoms with Crippen molar-refractivity contribution in [3.8, 4) is 22.9 Å². The number of benzene rings is 2. The second kappa shape index (κ2) is 12.1. The number of nitrogens with zero attached hydrogens (tertiary/aromatic N) is 5. The summed E-state index contributed by atoms with van der Waals surface area (Å²) in [6.45, 7) is 7.52. The standard InChI is InChI=1S/C26H33ClN6O4/c1-17(25(35)28-26(2,3)4)32(14-13-18-7-12-21(36-5)22(15-18)37-6)23(34)16-33-30-24(29-31-33)19-8-10-20(27)11-9-19/h7-12,15,17H,13-14,16H2,1-6H3,(H,28,35)/t17-/m1/s1. The highest BCUT2D eigenvalue weighted by Crippen LogP contribution is 2.28. The van der Waals surface area contributed by atoms with Crippen LogP contribution in [0, 0.1) is 0 Å². The average molecular weight is 529 g/mol. The number of carbonyl (C=O) groups excluding carboxylic acids is 2. The van der Waals surface area contributed by atoms with E-state index in [1.165, 1.54) is 9.70 Å². The maximum absolute atomic E-state index is 13.4. The minimum absolute atomic E-state index is 0.167. The number of nitrogens with one attached hydrogen (secondary N) is 1. The molecule has 0 aliphatic carbocycles. The van der Waals surface area contributed by atoms with Gasteiger partial charge >= 0.3 is 0 Å². The number of amides is 2. The lowest BCUT2D eigenvalue weighted by atomic mass is 10.1. The van der Waals surface area contributed by atoms with Crippen LogP contribution < -0.4 is 14.8 Å². The van der Waals surface area contributed by atoms with Crippen LogP contribution in [0.1, 0.15) is 33.3 Å². The Morgan fingerprint density at radius 3 is 2.38 bits per heavy atom. The van der Waals surface area contributed by atoms with Crippen LogP contribution >= 0.6 is 11.6 Å². The lowest BCUT2D eigenvalue weighted by Crippen LogP contribution is -2.53. The van der Waals surface area contributed by atoms with E-state index >= 15 is 0 Å². The summed E-state index contributed by atoms with van der Waals surface area (Å²) < 4.78 is 10.7. The van der Waals surface area contributed by atoms with Gasteiger partial charge in [0, 0.05) is 22.7 Å². The van der Waals surface area contributed by atoms with E-state index in [2.05, 4.69) is 20.7 Å². The van der Waals surface area contributed by atoms with Crippen molar-refractivity contribution in [1.82, 2.24) is 30.4 Å². The van der Waals surface area contributed by atoms with Gasteiger partial charge in [0.05, 0.1) is 14.2 Å². The number of halogens is 1. The third kappa shape index (κ3) is 7.66. The van der Waals surface area contributed by atoms with Crippen LogP contribution in [0.25, 0.3) is 11.4 Å². The second-order valence-electron chi connectivity index (χ2n) is 9.59. The summed E-state index contributed by atoms with van der Waals surface area (Å²) in [6, 6.07) is 11.9. The first-order chi connectivity index (χ1) is 17.5. The van der Waals surface area contributed by atoms with Crippen molar-refractivity contribution in [2.24, 2.45) is 0 Å². The monoisotopic (exact) mass is 528 g/mol. The largest absolute Gasteiger partial charge is 0.493 e. The summed E-state index contributed by atoms with van der Waals surface area (Å²) in [7, 11) is 3.14. The first kappa shape index (κ1) is 27.9. The van der Waals surface area contributed by atoms with Gasteiger partial charge in [-0.1, -0.05) is 17.7 Å². The van der Waals surface area contributed by atoms with E-state index in [-0.39, 0.29) is 18.4 Å². The molecule has 0 spiro atoms. The maximum Gasteiger partial charge on any atom is 0.246 e. The van der Waals surface area contributed by atoms with Crippen LogP contribution in [0.2, 0.25) is 5.02 Å². The van der Waals surface area contributed by atoms with Gasteiger partial charge in [-0.2, -0.15) is 4.80 Å². The summed E-state index contributed by atoms with van der Waals surface area (Å²) in [5.41, 5.74) is 1.22. The number of carbonyl (C=O) groups is 2. The van der Waals surface area contributed by atoms with E-state index < -0.39 is 11.6 Å². The van der Waals surface area contributed by atoms with Gasteiger partial charge in [0.1, 0.15) is 12.6 Å². The third-order valence-corrected chi connectivity index (χ3v) is 5.84. The number of methoxy groups -OCH3 is 2. The van der Waals surface area contributed by atoms with Crippen molar-refractivity contribution in [1.29, 1.82) is 0 Å². The molecule has 1 heterocycles. The molecule has 3 aromatic rings. The summed E-state index contributed by atoms with van der Waals surface area (Å²) in [6.07, 6.45) is 0.500. The molecule has 2 aromatic carbocycles. The molecular weight excluding hydrogens is 496 g/mol. The molecule has 0 saturated carbocycles. The fourth-order valence-electron chi connectivity index (χ4n) is 3.67. The van der Waals surface area contributed by atoms with E-state index in [0.717, 1.165) is 11.1 Å². The lowest BCUT2D eigenvalue weighted by molar-refractivity contribution is -0.141. The Hall–Kier alpha value is -3.66. The van der Waals surface area contributed by atoms with E-state index in [4.69, 9.17) is 21.1 Å². The molecule has 0 aliphatic heterocycles. The van der Waals surface area contributed by atoms with Crippen LogP contribution in [-0.4, -0.2) is 69.3 Å². The fourth-order valence-corrected chi connectivity index (χ4v) is 3.80. The van der Waals surface area contributed by atoms with E-state index in [9.17, 15) is 9.59 Å². The number of hydrogen-bond acceptors (Lipinski definition) is 7. The molecule has 37 heavy (non-hydrogen) atoms. The Balaban J connectivity index is 1.79. The zero-order chi connectivity index (χ0) is 27.2. The van der Waals surface area contributed by atoms with Crippen LogP contribution in [0.4, 0.5) is 0 Å². The Bertz CT molecular complexity index is 1220. The predicted molar refractivity (Wildman–Crippen MR) is 141 cm³/mol. The molecule has 2 amide bonds. The first-order valence-electron chi connectivity index (χ1n) is 11.9. The third-order valence-electron chi connectivity index (χ3n) is 5.59. The van der Waals surface area contributed by atoms with Crippen molar-refractivity contribution in [3.05, 3.63) is 53.1 Å². The predicted octanol–water partition coefficient (Wildman–Crippen LogP) is 3.39. The summed E-state index contributed by atoms with van der Waals surface area (Å²) in [5.74, 6) is 1.03. The van der Waals surface area contributed by atoms with E-state index in [1.807, 2.05) is 39.0 Å². The fraction of sp³-hybridized carbons (Fsp3) is 0.423. The Kier molecular flexibility index (Phi) is 9.09. The Morgan fingerprint density at radius 2 is 1.76 bits per heavy atom.